The Bertz CT molecular complexity index is 1580. The van der Waals surface area contributed by atoms with E-state index in [0.29, 0.717) is 60.0 Å². The van der Waals surface area contributed by atoms with Crippen molar-refractivity contribution < 1.29 is 14.3 Å². The number of aromatic nitrogens is 3. The van der Waals surface area contributed by atoms with Crippen molar-refractivity contribution in [3.05, 3.63) is 54.1 Å². The molecular weight excluding hydrogens is 606 g/mol. The molecule has 3 atom stereocenters. The lowest BCUT2D eigenvalue weighted by Gasteiger charge is -2.34. The van der Waals surface area contributed by atoms with Gasteiger partial charge in [-0.15, -0.1) is 0 Å². The van der Waals surface area contributed by atoms with Gasteiger partial charge in [0.1, 0.15) is 0 Å². The Morgan fingerprint density at radius 1 is 0.750 bits per heavy atom. The van der Waals surface area contributed by atoms with Gasteiger partial charge in [0.05, 0.1) is 19.3 Å². The second-order valence-electron chi connectivity index (χ2n) is 13.8. The molecule has 4 fully saturated rings. The van der Waals surface area contributed by atoms with Crippen LogP contribution in [0, 0.1) is 5.92 Å². The maximum Gasteiger partial charge on any atom is 0.323 e. The van der Waals surface area contributed by atoms with Crippen molar-refractivity contribution >= 4 is 35.2 Å². The van der Waals surface area contributed by atoms with E-state index in [-0.39, 0.29) is 18.0 Å². The third-order valence-electron chi connectivity index (χ3n) is 10.1. The van der Waals surface area contributed by atoms with E-state index in [0.717, 1.165) is 57.0 Å². The van der Waals surface area contributed by atoms with Gasteiger partial charge in [-0.25, -0.2) is 4.79 Å². The van der Waals surface area contributed by atoms with Gasteiger partial charge < -0.3 is 30.1 Å². The van der Waals surface area contributed by atoms with E-state index < -0.39 is 0 Å². The van der Waals surface area contributed by atoms with Crippen LogP contribution >= 0.6 is 0 Å². The smallest absolute Gasteiger partial charge is 0.323 e. The number of amides is 3. The quantitative estimate of drug-likeness (QED) is 0.348. The summed E-state index contributed by atoms with van der Waals surface area (Å²) in [5.41, 5.74) is 2.73. The Hall–Kier alpha value is -4.29. The number of anilines is 4. The van der Waals surface area contributed by atoms with Crippen LogP contribution in [0.2, 0.25) is 0 Å². The monoisotopic (exact) mass is 653 g/mol. The normalized spacial score (nSPS) is 23.3. The predicted molar refractivity (Wildman–Crippen MR) is 188 cm³/mol. The Balaban J connectivity index is 0.982. The molecule has 1 aromatic heterocycles. The molecule has 1 saturated carbocycles. The van der Waals surface area contributed by atoms with Crippen molar-refractivity contribution in [3.8, 4) is 11.4 Å². The van der Waals surface area contributed by atoms with Crippen LogP contribution in [0.15, 0.2) is 48.5 Å². The minimum Gasteiger partial charge on any atom is -0.377 e. The van der Waals surface area contributed by atoms with Gasteiger partial charge in [-0.3, -0.25) is 9.69 Å². The number of morpholine rings is 1. The van der Waals surface area contributed by atoms with Gasteiger partial charge >= 0.3 is 6.03 Å². The topological polar surface area (TPSA) is 119 Å². The average molecular weight is 654 g/mol. The summed E-state index contributed by atoms with van der Waals surface area (Å²) < 4.78 is 5.67. The Labute approximate surface area is 282 Å². The molecule has 3 amide bonds. The molecule has 2 N–H and O–H groups in total. The number of piperazine rings is 1. The zero-order chi connectivity index (χ0) is 33.2. The van der Waals surface area contributed by atoms with Crippen LogP contribution in [0.5, 0.6) is 0 Å². The second-order valence-corrected chi connectivity index (χ2v) is 13.8. The number of benzene rings is 2. The fraction of sp³-hybridized carbons (Fsp3) is 0.528. The molecule has 4 heterocycles. The van der Waals surface area contributed by atoms with Crippen molar-refractivity contribution in [2.24, 2.45) is 5.92 Å². The molecule has 0 radical (unpaired) electrons. The molecule has 3 saturated heterocycles. The summed E-state index contributed by atoms with van der Waals surface area (Å²) in [4.78, 5) is 49.6. The Kier molecular flexibility index (Phi) is 9.45. The van der Waals surface area contributed by atoms with E-state index in [4.69, 9.17) is 19.7 Å². The van der Waals surface area contributed by atoms with Gasteiger partial charge in [0, 0.05) is 73.9 Å². The van der Waals surface area contributed by atoms with Gasteiger partial charge in [0.15, 0.2) is 5.82 Å². The molecule has 4 aliphatic rings. The number of hydrogen-bond donors (Lipinski definition) is 2. The van der Waals surface area contributed by atoms with E-state index in [2.05, 4.69) is 46.1 Å². The highest BCUT2D eigenvalue weighted by molar-refractivity contribution is 6.00. The molecular formula is C36H47N9O3. The molecule has 0 spiro atoms. The number of nitrogens with one attached hydrogen (secondary N) is 2. The Morgan fingerprint density at radius 3 is 2.00 bits per heavy atom. The van der Waals surface area contributed by atoms with Crippen molar-refractivity contribution in [1.29, 1.82) is 0 Å². The van der Waals surface area contributed by atoms with Gasteiger partial charge in [-0.2, -0.15) is 15.0 Å². The van der Waals surface area contributed by atoms with Crippen molar-refractivity contribution in [2.75, 3.05) is 72.9 Å². The molecule has 1 aliphatic carbocycles. The van der Waals surface area contributed by atoms with Crippen molar-refractivity contribution in [3.63, 3.8) is 0 Å². The van der Waals surface area contributed by atoms with E-state index in [1.807, 2.05) is 29.2 Å². The highest BCUT2D eigenvalue weighted by atomic mass is 16.5. The number of carbonyl (C=O) groups excluding carboxylic acids is 2. The fourth-order valence-electron chi connectivity index (χ4n) is 7.01. The first-order chi connectivity index (χ1) is 23.3. The molecule has 12 nitrogen and oxygen atoms in total. The third kappa shape index (κ3) is 7.39. The lowest BCUT2D eigenvalue weighted by atomic mass is 10.1. The Morgan fingerprint density at radius 2 is 1.38 bits per heavy atom. The standard InChI is InChI=1S/C36H47N9O3/c1-24-4-5-25(2)45(24)35-40-32(39-34(41-35)44-20-21-48-23-26(44)3)28-8-12-30(13-9-28)37-36(47)38-31-14-10-29(11-15-31)33(46)43-18-16-42(17-19-43)22-27-6-7-27/h8-15,24-27H,4-7,16-23H2,1-3H3,(H2,37,38,47)/t24-,25+,26-/m1/s1. The van der Waals surface area contributed by atoms with E-state index in [1.165, 1.54) is 19.4 Å². The first-order valence-electron chi connectivity index (χ1n) is 17.5. The van der Waals surface area contributed by atoms with Crippen LogP contribution in [-0.4, -0.2) is 107 Å². The number of hydrogen-bond acceptors (Lipinski definition) is 9. The molecule has 254 valence electrons. The van der Waals surface area contributed by atoms with Crippen LogP contribution < -0.4 is 20.4 Å². The number of urea groups is 1. The summed E-state index contributed by atoms with van der Waals surface area (Å²) in [5, 5.41) is 5.77. The van der Waals surface area contributed by atoms with Crippen LogP contribution in [0.25, 0.3) is 11.4 Å². The highest BCUT2D eigenvalue weighted by Gasteiger charge is 2.32. The number of nitrogens with zero attached hydrogens (tertiary/aromatic N) is 7. The van der Waals surface area contributed by atoms with Crippen LogP contribution in [0.1, 0.15) is 56.8 Å². The van der Waals surface area contributed by atoms with Crippen LogP contribution in [0.3, 0.4) is 0 Å². The van der Waals surface area contributed by atoms with Crippen molar-refractivity contribution in [1.82, 2.24) is 24.8 Å². The summed E-state index contributed by atoms with van der Waals surface area (Å²) in [7, 11) is 0. The minimum atomic E-state index is -0.364. The molecule has 3 aliphatic heterocycles. The summed E-state index contributed by atoms with van der Waals surface area (Å²) in [5.74, 6) is 2.87. The molecule has 7 rings (SSSR count). The number of ether oxygens (including phenoxy) is 1. The van der Waals surface area contributed by atoms with E-state index >= 15 is 0 Å². The largest absolute Gasteiger partial charge is 0.377 e. The molecule has 0 bridgehead atoms. The zero-order valence-corrected chi connectivity index (χ0v) is 28.3. The predicted octanol–water partition coefficient (Wildman–Crippen LogP) is 4.95. The summed E-state index contributed by atoms with van der Waals surface area (Å²) in [6.45, 7) is 13.1. The lowest BCUT2D eigenvalue weighted by molar-refractivity contribution is 0.0632. The molecule has 0 unspecified atom stereocenters. The van der Waals surface area contributed by atoms with Gasteiger partial charge in [-0.1, -0.05) is 0 Å². The summed E-state index contributed by atoms with van der Waals surface area (Å²) >= 11 is 0. The maximum absolute atomic E-state index is 13.1. The highest BCUT2D eigenvalue weighted by Crippen LogP contribution is 2.32. The fourth-order valence-corrected chi connectivity index (χ4v) is 7.01. The minimum absolute atomic E-state index is 0.0403. The molecule has 48 heavy (non-hydrogen) atoms. The first-order valence-corrected chi connectivity index (χ1v) is 17.5. The van der Waals surface area contributed by atoms with E-state index in [9.17, 15) is 9.59 Å². The van der Waals surface area contributed by atoms with Crippen LogP contribution in [0.4, 0.5) is 28.1 Å². The lowest BCUT2D eigenvalue weighted by Crippen LogP contribution is -2.49. The van der Waals surface area contributed by atoms with Gasteiger partial charge in [0.2, 0.25) is 11.9 Å². The number of carbonyl (C=O) groups is 2. The third-order valence-corrected chi connectivity index (χ3v) is 10.1. The molecule has 12 heteroatoms. The SMILES string of the molecule is C[C@@H]1COCCN1c1nc(-c2ccc(NC(=O)Nc3ccc(C(=O)N4CCN(CC5CC5)CC4)cc3)cc2)nc(N2[C@H](C)CC[C@@H]2C)n1. The van der Waals surface area contributed by atoms with Gasteiger partial charge in [0.25, 0.3) is 5.91 Å². The summed E-state index contributed by atoms with van der Waals surface area (Å²) in [6.07, 6.45) is 4.91. The number of rotatable bonds is 8. The molecule has 3 aromatic rings. The average Bonchev–Trinajstić information content (AvgIpc) is 3.85. The molecule has 2 aromatic carbocycles. The second kappa shape index (κ2) is 14.1. The maximum atomic E-state index is 13.1. The van der Waals surface area contributed by atoms with Crippen LogP contribution in [-0.2, 0) is 4.74 Å². The van der Waals surface area contributed by atoms with Gasteiger partial charge in [-0.05, 0) is 101 Å². The first kappa shape index (κ1) is 32.3. The summed E-state index contributed by atoms with van der Waals surface area (Å²) in [6, 6.07) is 15.1. The van der Waals surface area contributed by atoms with Crippen molar-refractivity contribution in [2.45, 2.75) is 64.6 Å². The van der Waals surface area contributed by atoms with E-state index in [1.54, 1.807) is 24.3 Å². The zero-order valence-electron chi connectivity index (χ0n) is 28.3.